The van der Waals surface area contributed by atoms with Crippen molar-refractivity contribution in [3.8, 4) is 11.5 Å². The average Bonchev–Trinajstić information content (AvgIpc) is 3.04. The van der Waals surface area contributed by atoms with Crippen LogP contribution >= 0.6 is 11.6 Å². The zero-order chi connectivity index (χ0) is 21.3. The zero-order valence-electron chi connectivity index (χ0n) is 15.2. The Bertz CT molecular complexity index is 1170. The molecule has 0 aromatic heterocycles. The van der Waals surface area contributed by atoms with E-state index in [1.54, 1.807) is 30.3 Å². The van der Waals surface area contributed by atoms with E-state index >= 15 is 0 Å². The predicted octanol–water partition coefficient (Wildman–Crippen LogP) is 4.87. The third kappa shape index (κ3) is 3.90. The fraction of sp³-hybridized carbons (Fsp3) is 0. The Balaban J connectivity index is 1.53. The number of Topliss-reactive ketones (excluding diaryl/α,β-unsaturated/α-hetero) is 1. The Morgan fingerprint density at radius 2 is 1.83 bits per heavy atom. The smallest absolute Gasteiger partial charge is 0.343 e. The number of nitrogens with zero attached hydrogens (tertiary/aromatic N) is 1. The standard InChI is InChI=1S/C22H13ClNO6/c23-18-4-2-1-3-14(18)11-20-21(25)17-10-9-16(12-19(17)30-20)29-22(26)13-5-7-15(8-6-13)24(27)28/h1-12,27H/q-1. The molecule has 1 aliphatic heterocycles. The van der Waals surface area contributed by atoms with Gasteiger partial charge in [0.2, 0.25) is 5.78 Å². The highest BCUT2D eigenvalue weighted by atomic mass is 35.5. The van der Waals surface area contributed by atoms with Gasteiger partial charge in [-0.2, -0.15) is 0 Å². The lowest BCUT2D eigenvalue weighted by Crippen LogP contribution is -2.10. The van der Waals surface area contributed by atoms with E-state index in [4.69, 9.17) is 26.3 Å². The number of halogens is 1. The third-order valence-electron chi connectivity index (χ3n) is 4.37. The lowest BCUT2D eigenvalue weighted by Gasteiger charge is -2.21. The monoisotopic (exact) mass is 422 g/mol. The molecule has 1 aliphatic rings. The van der Waals surface area contributed by atoms with E-state index in [2.05, 4.69) is 0 Å². The normalized spacial score (nSPS) is 13.7. The number of anilines is 1. The maximum atomic E-state index is 12.6. The molecule has 0 spiro atoms. The molecule has 1 N–H and O–H groups in total. The third-order valence-corrected chi connectivity index (χ3v) is 4.71. The van der Waals surface area contributed by atoms with Crippen LogP contribution in [-0.4, -0.2) is 17.0 Å². The van der Waals surface area contributed by atoms with Gasteiger partial charge in [-0.3, -0.25) is 10.0 Å². The summed E-state index contributed by atoms with van der Waals surface area (Å²) in [6.07, 6.45) is 1.55. The highest BCUT2D eigenvalue weighted by molar-refractivity contribution is 6.32. The molecule has 7 nitrogen and oxygen atoms in total. The molecule has 3 aromatic rings. The second-order valence-corrected chi connectivity index (χ2v) is 6.74. The summed E-state index contributed by atoms with van der Waals surface area (Å²) < 4.78 is 11.0. The lowest BCUT2D eigenvalue weighted by molar-refractivity contribution is 0.0734. The molecule has 0 unspecified atom stereocenters. The SMILES string of the molecule is O=C(Oc1ccc2c(c1)OC(=Cc1ccccc1Cl)C2=O)c1ccc(N([O-])O)cc1. The Labute approximate surface area is 175 Å². The number of ketones is 1. The molecule has 0 fully saturated rings. The van der Waals surface area contributed by atoms with E-state index in [1.165, 1.54) is 42.5 Å². The fourth-order valence-corrected chi connectivity index (χ4v) is 3.05. The molecule has 150 valence electrons. The van der Waals surface area contributed by atoms with Crippen LogP contribution in [-0.2, 0) is 0 Å². The van der Waals surface area contributed by atoms with Crippen LogP contribution in [0.25, 0.3) is 6.08 Å². The van der Waals surface area contributed by atoms with Crippen LogP contribution < -0.4 is 14.7 Å². The minimum atomic E-state index is -0.673. The number of ether oxygens (including phenoxy) is 2. The van der Waals surface area contributed by atoms with E-state index < -0.39 is 5.97 Å². The van der Waals surface area contributed by atoms with Gasteiger partial charge in [0.1, 0.15) is 11.5 Å². The van der Waals surface area contributed by atoms with Crippen LogP contribution in [0, 0.1) is 5.21 Å². The van der Waals surface area contributed by atoms with Gasteiger partial charge in [-0.05, 0) is 54.1 Å². The van der Waals surface area contributed by atoms with Gasteiger partial charge in [0.15, 0.2) is 5.76 Å². The molecule has 4 rings (SSSR count). The quantitative estimate of drug-likeness (QED) is 0.277. The number of hydrogen-bond acceptors (Lipinski definition) is 7. The minimum absolute atomic E-state index is 0.0196. The predicted molar refractivity (Wildman–Crippen MR) is 110 cm³/mol. The maximum Gasteiger partial charge on any atom is 0.343 e. The van der Waals surface area contributed by atoms with Crippen LogP contribution in [0.15, 0.2) is 72.5 Å². The first-order valence-corrected chi connectivity index (χ1v) is 9.11. The van der Waals surface area contributed by atoms with Crippen LogP contribution in [0.1, 0.15) is 26.3 Å². The number of rotatable bonds is 4. The fourth-order valence-electron chi connectivity index (χ4n) is 2.86. The molecule has 8 heteroatoms. The Kier molecular flexibility index (Phi) is 5.24. The van der Waals surface area contributed by atoms with Crippen molar-refractivity contribution < 1.29 is 24.3 Å². The Morgan fingerprint density at radius 1 is 1.10 bits per heavy atom. The number of carbonyl (C=O) groups is 2. The van der Waals surface area contributed by atoms with Crippen molar-refractivity contribution >= 4 is 35.1 Å². The molecule has 0 atom stereocenters. The number of carbonyl (C=O) groups excluding carboxylic acids is 2. The van der Waals surface area contributed by atoms with E-state index in [-0.39, 0.29) is 39.5 Å². The van der Waals surface area contributed by atoms with Crippen molar-refractivity contribution in [3.05, 3.63) is 99.4 Å². The van der Waals surface area contributed by atoms with Crippen LogP contribution in [0.2, 0.25) is 5.02 Å². The molecule has 0 radical (unpaired) electrons. The van der Waals surface area contributed by atoms with Crippen molar-refractivity contribution in [1.29, 1.82) is 0 Å². The van der Waals surface area contributed by atoms with E-state index in [9.17, 15) is 14.8 Å². The summed E-state index contributed by atoms with van der Waals surface area (Å²) in [5.41, 5.74) is 1.15. The van der Waals surface area contributed by atoms with Crippen molar-refractivity contribution in [3.63, 3.8) is 0 Å². The first kappa shape index (κ1) is 19.7. The second-order valence-electron chi connectivity index (χ2n) is 6.33. The van der Waals surface area contributed by atoms with Gasteiger partial charge in [0.05, 0.1) is 16.8 Å². The van der Waals surface area contributed by atoms with Gasteiger partial charge in [-0.15, -0.1) is 0 Å². The van der Waals surface area contributed by atoms with Crippen LogP contribution in [0.3, 0.4) is 0 Å². The summed E-state index contributed by atoms with van der Waals surface area (Å²) in [6.45, 7) is 0. The van der Waals surface area contributed by atoms with E-state index in [0.29, 0.717) is 16.1 Å². The molecule has 30 heavy (non-hydrogen) atoms. The molecule has 0 amide bonds. The number of allylic oxidation sites excluding steroid dienone is 1. The molecule has 0 saturated carbocycles. The van der Waals surface area contributed by atoms with E-state index in [0.717, 1.165) is 0 Å². The summed E-state index contributed by atoms with van der Waals surface area (Å²) >= 11 is 6.13. The number of esters is 1. The van der Waals surface area contributed by atoms with E-state index in [1.807, 2.05) is 0 Å². The number of benzene rings is 3. The van der Waals surface area contributed by atoms with Gasteiger partial charge < -0.3 is 19.9 Å². The highest BCUT2D eigenvalue weighted by Crippen LogP contribution is 2.35. The minimum Gasteiger partial charge on any atom is -0.733 e. The average molecular weight is 423 g/mol. The van der Waals surface area contributed by atoms with Crippen LogP contribution in [0.4, 0.5) is 5.69 Å². The Hall–Kier alpha value is -3.65. The van der Waals surface area contributed by atoms with Crippen molar-refractivity contribution in [2.75, 3.05) is 5.23 Å². The summed E-state index contributed by atoms with van der Waals surface area (Å²) in [6, 6.07) is 16.7. The second kappa shape index (κ2) is 8.00. The van der Waals surface area contributed by atoms with Crippen molar-refractivity contribution in [2.45, 2.75) is 0 Å². The van der Waals surface area contributed by atoms with Crippen molar-refractivity contribution in [1.82, 2.24) is 0 Å². The maximum absolute atomic E-state index is 12.6. The van der Waals surface area contributed by atoms with Crippen LogP contribution in [0.5, 0.6) is 11.5 Å². The molecule has 0 saturated heterocycles. The van der Waals surface area contributed by atoms with Crippen molar-refractivity contribution in [2.24, 2.45) is 0 Å². The number of fused-ring (bicyclic) bond motifs is 1. The summed E-state index contributed by atoms with van der Waals surface area (Å²) in [7, 11) is 0. The Morgan fingerprint density at radius 3 is 2.53 bits per heavy atom. The van der Waals surface area contributed by atoms with Gasteiger partial charge in [0, 0.05) is 11.1 Å². The van der Waals surface area contributed by atoms with Gasteiger partial charge in [0.25, 0.3) is 0 Å². The van der Waals surface area contributed by atoms with Gasteiger partial charge in [-0.25, -0.2) is 4.79 Å². The zero-order valence-corrected chi connectivity index (χ0v) is 16.0. The molecule has 0 bridgehead atoms. The first-order chi connectivity index (χ1) is 14.4. The highest BCUT2D eigenvalue weighted by Gasteiger charge is 2.28. The largest absolute Gasteiger partial charge is 0.733 e. The number of hydrogen-bond donors (Lipinski definition) is 1. The van der Waals surface area contributed by atoms with Gasteiger partial charge >= 0.3 is 5.97 Å². The summed E-state index contributed by atoms with van der Waals surface area (Å²) in [4.78, 5) is 24.9. The molecule has 3 aromatic carbocycles. The lowest BCUT2D eigenvalue weighted by atomic mass is 10.1. The summed E-state index contributed by atoms with van der Waals surface area (Å²) in [5.74, 6) is -0.413. The molecular formula is C22H13ClNO6-. The topological polar surface area (TPSA) is 99.1 Å². The molecular weight excluding hydrogens is 410 g/mol. The first-order valence-electron chi connectivity index (χ1n) is 8.73. The summed E-state index contributed by atoms with van der Waals surface area (Å²) in [5, 5.41) is 19.8. The molecule has 1 heterocycles. The molecule has 0 aliphatic carbocycles. The van der Waals surface area contributed by atoms with Gasteiger partial charge in [-0.1, -0.05) is 29.8 Å².